The van der Waals surface area contributed by atoms with Crippen molar-refractivity contribution in [3.8, 4) is 17.6 Å². The number of nitrogens with zero attached hydrogens (tertiary/aromatic N) is 1. The lowest BCUT2D eigenvalue weighted by atomic mass is 10.1. The molecule has 0 aliphatic rings. The number of ether oxygens (including phenoxy) is 1. The van der Waals surface area contributed by atoms with E-state index in [1.165, 1.54) is 0 Å². The summed E-state index contributed by atoms with van der Waals surface area (Å²) in [6.07, 6.45) is 1.59. The van der Waals surface area contributed by atoms with Crippen molar-refractivity contribution in [3.05, 3.63) is 71.5 Å². The quantitative estimate of drug-likeness (QED) is 0.740. The Morgan fingerprint density at radius 2 is 1.87 bits per heavy atom. The highest BCUT2D eigenvalue weighted by molar-refractivity contribution is 5.94. The van der Waals surface area contributed by atoms with Gasteiger partial charge in [0, 0.05) is 11.8 Å². The summed E-state index contributed by atoms with van der Waals surface area (Å²) in [7, 11) is 1.64. The fraction of sp³-hybridized carbons (Fsp3) is 0.0526. The minimum atomic E-state index is -0.534. The van der Waals surface area contributed by atoms with Crippen molar-refractivity contribution < 1.29 is 9.53 Å². The Labute approximate surface area is 133 Å². The Bertz CT molecular complexity index is 952. The van der Waals surface area contributed by atoms with Crippen LogP contribution in [0.4, 0.5) is 0 Å². The van der Waals surface area contributed by atoms with Crippen LogP contribution < -0.4 is 10.5 Å². The normalized spacial score (nSPS) is 9.96. The van der Waals surface area contributed by atoms with Gasteiger partial charge in [0.15, 0.2) is 0 Å². The average Bonchev–Trinajstić information content (AvgIpc) is 2.59. The third-order valence-corrected chi connectivity index (χ3v) is 3.45. The number of pyridine rings is 1. The molecule has 0 saturated carbocycles. The zero-order valence-electron chi connectivity index (χ0n) is 12.5. The lowest BCUT2D eigenvalue weighted by Gasteiger charge is -2.02. The maximum Gasteiger partial charge on any atom is 0.251 e. The lowest BCUT2D eigenvalue weighted by molar-refractivity contribution is 0.0999. The summed E-state index contributed by atoms with van der Waals surface area (Å²) in [5.41, 5.74) is 6.87. The molecule has 4 heteroatoms. The summed E-state index contributed by atoms with van der Waals surface area (Å²) >= 11 is 0. The molecule has 3 rings (SSSR count). The van der Waals surface area contributed by atoms with Gasteiger partial charge in [0.2, 0.25) is 0 Å². The number of nitrogens with two attached hydrogens (primary N) is 1. The Hall–Kier alpha value is -3.32. The van der Waals surface area contributed by atoms with Crippen molar-refractivity contribution >= 4 is 16.7 Å². The molecule has 0 unspecified atom stereocenters. The predicted molar refractivity (Wildman–Crippen MR) is 89.2 cm³/mol. The fourth-order valence-corrected chi connectivity index (χ4v) is 2.26. The van der Waals surface area contributed by atoms with Gasteiger partial charge in [-0.05, 0) is 53.1 Å². The summed E-state index contributed by atoms with van der Waals surface area (Å²) in [4.78, 5) is 15.5. The maximum atomic E-state index is 11.4. The highest BCUT2D eigenvalue weighted by Gasteiger charge is 2.05. The molecule has 2 N–H and O–H groups in total. The highest BCUT2D eigenvalue weighted by atomic mass is 16.5. The predicted octanol–water partition coefficient (Wildman–Crippen LogP) is 2.74. The molecule has 23 heavy (non-hydrogen) atoms. The minimum Gasteiger partial charge on any atom is -0.497 e. The molecule has 0 saturated heterocycles. The SMILES string of the molecule is COc1ccc2cc(C#Cc3ncccc3C(N)=O)ccc2c1. The molecule has 0 fully saturated rings. The molecule has 0 spiro atoms. The van der Waals surface area contributed by atoms with Crippen molar-refractivity contribution in [2.24, 2.45) is 5.73 Å². The number of hydrogen-bond donors (Lipinski definition) is 1. The zero-order valence-corrected chi connectivity index (χ0v) is 12.5. The number of carbonyl (C=O) groups is 1. The van der Waals surface area contributed by atoms with E-state index in [0.717, 1.165) is 22.1 Å². The van der Waals surface area contributed by atoms with Gasteiger partial charge in [0.1, 0.15) is 11.4 Å². The number of benzene rings is 2. The first-order valence-electron chi connectivity index (χ1n) is 7.02. The summed E-state index contributed by atoms with van der Waals surface area (Å²) in [5, 5.41) is 2.14. The van der Waals surface area contributed by atoms with Gasteiger partial charge in [-0.2, -0.15) is 0 Å². The fourth-order valence-electron chi connectivity index (χ4n) is 2.26. The molecule has 4 nitrogen and oxygen atoms in total. The molecule has 1 heterocycles. The summed E-state index contributed by atoms with van der Waals surface area (Å²) in [5.74, 6) is 6.22. The maximum absolute atomic E-state index is 11.4. The van der Waals surface area contributed by atoms with E-state index in [0.29, 0.717) is 11.3 Å². The van der Waals surface area contributed by atoms with Crippen molar-refractivity contribution in [2.45, 2.75) is 0 Å². The van der Waals surface area contributed by atoms with E-state index in [-0.39, 0.29) is 0 Å². The molecule has 1 aromatic heterocycles. The van der Waals surface area contributed by atoms with Crippen LogP contribution in [-0.2, 0) is 0 Å². The number of fused-ring (bicyclic) bond motifs is 1. The second-order valence-electron chi connectivity index (χ2n) is 4.94. The number of primary amides is 1. The van der Waals surface area contributed by atoms with Gasteiger partial charge in [-0.3, -0.25) is 4.79 Å². The van der Waals surface area contributed by atoms with Crippen LogP contribution >= 0.6 is 0 Å². The first-order chi connectivity index (χ1) is 11.2. The number of hydrogen-bond acceptors (Lipinski definition) is 3. The largest absolute Gasteiger partial charge is 0.497 e. The Morgan fingerprint density at radius 3 is 2.65 bits per heavy atom. The van der Waals surface area contributed by atoms with Crippen LogP contribution in [0.15, 0.2) is 54.7 Å². The monoisotopic (exact) mass is 302 g/mol. The second-order valence-corrected chi connectivity index (χ2v) is 4.94. The lowest BCUT2D eigenvalue weighted by Crippen LogP contribution is -2.13. The molecule has 1 amide bonds. The molecule has 0 atom stereocenters. The highest BCUT2D eigenvalue weighted by Crippen LogP contribution is 2.21. The van der Waals surface area contributed by atoms with Crippen molar-refractivity contribution in [1.82, 2.24) is 4.98 Å². The van der Waals surface area contributed by atoms with Gasteiger partial charge in [-0.25, -0.2) is 4.98 Å². The van der Waals surface area contributed by atoms with E-state index in [9.17, 15) is 4.79 Å². The van der Waals surface area contributed by atoms with Crippen molar-refractivity contribution in [1.29, 1.82) is 0 Å². The standard InChI is InChI=1S/C19H14N2O2/c1-23-16-8-7-14-11-13(4-6-15(14)12-16)5-9-18-17(19(20)22)3-2-10-21-18/h2-4,6-8,10-12H,1H3,(H2,20,22). The molecule has 0 aliphatic carbocycles. The first-order valence-corrected chi connectivity index (χ1v) is 7.02. The van der Waals surface area contributed by atoms with Crippen LogP contribution in [0.5, 0.6) is 5.75 Å². The van der Waals surface area contributed by atoms with Gasteiger partial charge >= 0.3 is 0 Å². The Kier molecular flexibility index (Phi) is 3.94. The van der Waals surface area contributed by atoms with E-state index in [1.54, 1.807) is 25.4 Å². The molecular weight excluding hydrogens is 288 g/mol. The zero-order chi connectivity index (χ0) is 16.2. The van der Waals surface area contributed by atoms with Gasteiger partial charge in [-0.1, -0.05) is 18.1 Å². The smallest absolute Gasteiger partial charge is 0.251 e. The van der Waals surface area contributed by atoms with Crippen molar-refractivity contribution in [2.75, 3.05) is 7.11 Å². The summed E-state index contributed by atoms with van der Waals surface area (Å²) in [6, 6.07) is 15.0. The second kappa shape index (κ2) is 6.20. The third-order valence-electron chi connectivity index (χ3n) is 3.45. The van der Waals surface area contributed by atoms with E-state index in [4.69, 9.17) is 10.5 Å². The van der Waals surface area contributed by atoms with E-state index < -0.39 is 5.91 Å². The van der Waals surface area contributed by atoms with Crippen LogP contribution in [0.25, 0.3) is 10.8 Å². The van der Waals surface area contributed by atoms with Crippen LogP contribution in [0.1, 0.15) is 21.6 Å². The Balaban J connectivity index is 1.99. The number of aromatic nitrogens is 1. The third kappa shape index (κ3) is 3.14. The van der Waals surface area contributed by atoms with E-state index >= 15 is 0 Å². The number of amides is 1. The van der Waals surface area contributed by atoms with Crippen LogP contribution in [-0.4, -0.2) is 18.0 Å². The van der Waals surface area contributed by atoms with Crippen molar-refractivity contribution in [3.63, 3.8) is 0 Å². The number of carbonyl (C=O) groups excluding carboxylic acids is 1. The van der Waals surface area contributed by atoms with Gasteiger partial charge in [0.05, 0.1) is 12.7 Å². The number of rotatable bonds is 2. The Morgan fingerprint density at radius 1 is 1.09 bits per heavy atom. The topological polar surface area (TPSA) is 65.2 Å². The number of methoxy groups -OCH3 is 1. The van der Waals surface area contributed by atoms with Gasteiger partial charge < -0.3 is 10.5 Å². The molecule has 0 aliphatic heterocycles. The van der Waals surface area contributed by atoms with Gasteiger partial charge in [-0.15, -0.1) is 0 Å². The molecule has 2 aromatic carbocycles. The van der Waals surface area contributed by atoms with Crippen LogP contribution in [0, 0.1) is 11.8 Å². The molecule has 3 aromatic rings. The van der Waals surface area contributed by atoms with E-state index in [2.05, 4.69) is 16.8 Å². The minimum absolute atomic E-state index is 0.325. The van der Waals surface area contributed by atoms with Gasteiger partial charge in [0.25, 0.3) is 5.91 Å². The molecule has 112 valence electrons. The van der Waals surface area contributed by atoms with E-state index in [1.807, 2.05) is 36.4 Å². The van der Waals surface area contributed by atoms with Crippen LogP contribution in [0.2, 0.25) is 0 Å². The summed E-state index contributed by atoms with van der Waals surface area (Å²) < 4.78 is 5.21. The average molecular weight is 302 g/mol. The first kappa shape index (κ1) is 14.6. The molecule has 0 radical (unpaired) electrons. The molecule has 0 bridgehead atoms. The summed E-state index contributed by atoms with van der Waals surface area (Å²) in [6.45, 7) is 0. The van der Waals surface area contributed by atoms with Crippen LogP contribution in [0.3, 0.4) is 0 Å². The molecular formula is C19H14N2O2.